The second kappa shape index (κ2) is 13.7. The van der Waals surface area contributed by atoms with Gasteiger partial charge in [-0.05, 0) is 43.5 Å². The molecule has 1 atom stereocenters. The Morgan fingerprint density at radius 2 is 1.74 bits per heavy atom. The van der Waals surface area contributed by atoms with E-state index in [1.54, 1.807) is 13.0 Å². The first-order chi connectivity index (χ1) is 16.5. The Labute approximate surface area is 218 Å². The number of anilines is 1. The molecule has 1 N–H and O–H groups in total. The van der Waals surface area contributed by atoms with E-state index in [2.05, 4.69) is 5.32 Å². The summed E-state index contributed by atoms with van der Waals surface area (Å²) < 4.78 is 26.0. The number of nitrogens with one attached hydrogen (secondary N) is 1. The van der Waals surface area contributed by atoms with E-state index in [1.165, 1.54) is 17.0 Å². The highest BCUT2D eigenvalue weighted by Gasteiger charge is 2.27. The molecule has 0 radical (unpaired) electrons. The Morgan fingerprint density at radius 1 is 1.06 bits per heavy atom. The Hall–Kier alpha value is -2.29. The van der Waals surface area contributed by atoms with Crippen molar-refractivity contribution in [2.75, 3.05) is 23.7 Å². The quantitative estimate of drug-likeness (QED) is 0.366. The number of hydrogen-bond donors (Lipinski definition) is 1. The van der Waals surface area contributed by atoms with Gasteiger partial charge in [-0.25, -0.2) is 8.42 Å². The smallest absolute Gasteiger partial charge is 0.242 e. The van der Waals surface area contributed by atoms with E-state index in [4.69, 9.17) is 23.2 Å². The predicted octanol–water partition coefficient (Wildman–Crippen LogP) is 4.87. The number of benzene rings is 2. The average molecular weight is 543 g/mol. The first-order valence-electron chi connectivity index (χ1n) is 11.6. The van der Waals surface area contributed by atoms with Crippen molar-refractivity contribution in [3.8, 4) is 0 Å². The zero-order valence-electron chi connectivity index (χ0n) is 20.3. The van der Waals surface area contributed by atoms with Crippen LogP contribution in [-0.2, 0) is 26.2 Å². The predicted molar refractivity (Wildman–Crippen MR) is 142 cm³/mol. The van der Waals surface area contributed by atoms with Gasteiger partial charge >= 0.3 is 0 Å². The third-order valence-electron chi connectivity index (χ3n) is 5.52. The highest BCUT2D eigenvalue weighted by atomic mass is 35.5. The van der Waals surface area contributed by atoms with Crippen molar-refractivity contribution >= 4 is 50.7 Å². The van der Waals surface area contributed by atoms with E-state index in [0.29, 0.717) is 11.6 Å². The lowest BCUT2D eigenvalue weighted by Crippen LogP contribution is -2.47. The van der Waals surface area contributed by atoms with Gasteiger partial charge in [-0.1, -0.05) is 66.9 Å². The van der Waals surface area contributed by atoms with Gasteiger partial charge in [0.05, 0.1) is 17.0 Å². The maximum Gasteiger partial charge on any atom is 0.242 e. The van der Waals surface area contributed by atoms with Crippen LogP contribution in [0.15, 0.2) is 48.5 Å². The minimum atomic E-state index is -3.67. The van der Waals surface area contributed by atoms with Crippen molar-refractivity contribution in [3.05, 3.63) is 64.1 Å². The zero-order valence-corrected chi connectivity index (χ0v) is 22.7. The number of carbonyl (C=O) groups is 2. The Bertz CT molecular complexity index is 1100. The normalized spacial score (nSPS) is 12.1. The average Bonchev–Trinajstić information content (AvgIpc) is 2.81. The summed E-state index contributed by atoms with van der Waals surface area (Å²) in [7, 11) is -3.67. The van der Waals surface area contributed by atoms with Crippen LogP contribution in [0.4, 0.5) is 5.69 Å². The van der Waals surface area contributed by atoms with Gasteiger partial charge in [0, 0.05) is 31.1 Å². The fourth-order valence-corrected chi connectivity index (χ4v) is 4.96. The molecule has 0 bridgehead atoms. The van der Waals surface area contributed by atoms with Gasteiger partial charge < -0.3 is 10.2 Å². The molecular formula is C25H33Cl2N3O4S. The van der Waals surface area contributed by atoms with Gasteiger partial charge in [-0.2, -0.15) is 0 Å². The molecule has 0 saturated carbocycles. The molecule has 2 aromatic rings. The number of amides is 2. The van der Waals surface area contributed by atoms with E-state index in [9.17, 15) is 18.0 Å². The molecule has 35 heavy (non-hydrogen) atoms. The molecule has 192 valence electrons. The summed E-state index contributed by atoms with van der Waals surface area (Å²) >= 11 is 12.3. The lowest BCUT2D eigenvalue weighted by molar-refractivity contribution is -0.140. The molecule has 0 aliphatic heterocycles. The van der Waals surface area contributed by atoms with Crippen LogP contribution in [0.2, 0.25) is 10.0 Å². The Balaban J connectivity index is 2.15. The molecule has 7 nitrogen and oxygen atoms in total. The number of rotatable bonds is 13. The highest BCUT2D eigenvalue weighted by molar-refractivity contribution is 7.92. The van der Waals surface area contributed by atoms with E-state index >= 15 is 0 Å². The van der Waals surface area contributed by atoms with Gasteiger partial charge in [-0.15, -0.1) is 0 Å². The van der Waals surface area contributed by atoms with Crippen LogP contribution in [0, 0.1) is 0 Å². The van der Waals surface area contributed by atoms with Crippen molar-refractivity contribution in [3.63, 3.8) is 0 Å². The second-order valence-corrected chi connectivity index (χ2v) is 11.1. The molecule has 1 unspecified atom stereocenters. The molecule has 0 aliphatic rings. The summed E-state index contributed by atoms with van der Waals surface area (Å²) in [5.41, 5.74) is 1.16. The van der Waals surface area contributed by atoms with Crippen LogP contribution in [0.5, 0.6) is 0 Å². The van der Waals surface area contributed by atoms with Gasteiger partial charge in [0.2, 0.25) is 21.8 Å². The van der Waals surface area contributed by atoms with Crippen LogP contribution < -0.4 is 9.62 Å². The second-order valence-electron chi connectivity index (χ2n) is 8.36. The number of sulfonamides is 1. The van der Waals surface area contributed by atoms with Gasteiger partial charge in [-0.3, -0.25) is 13.9 Å². The zero-order chi connectivity index (χ0) is 26.0. The topological polar surface area (TPSA) is 86.8 Å². The molecule has 0 spiro atoms. The van der Waals surface area contributed by atoms with Crippen LogP contribution in [0.3, 0.4) is 0 Å². The summed E-state index contributed by atoms with van der Waals surface area (Å²) in [4.78, 5) is 27.5. The number of nitrogens with zero attached hydrogens (tertiary/aromatic N) is 2. The number of unbranched alkanes of at least 4 members (excludes halogenated alkanes) is 1. The highest BCUT2D eigenvalue weighted by Crippen LogP contribution is 2.31. The van der Waals surface area contributed by atoms with Crippen LogP contribution in [-0.4, -0.2) is 50.5 Å². The molecule has 0 saturated heterocycles. The Kier molecular flexibility index (Phi) is 11.3. The van der Waals surface area contributed by atoms with Crippen LogP contribution in [0.1, 0.15) is 45.1 Å². The molecular weight excluding hydrogens is 509 g/mol. The van der Waals surface area contributed by atoms with E-state index in [-0.39, 0.29) is 48.5 Å². The first-order valence-corrected chi connectivity index (χ1v) is 14.2. The molecule has 0 fully saturated rings. The molecule has 2 rings (SSSR count). The SMILES string of the molecule is CCCCNC(=O)C(C)N(Cc1ccccc1)C(=O)CCCN(c1cc(Cl)ccc1Cl)S(C)(=O)=O. The van der Waals surface area contributed by atoms with Crippen molar-refractivity contribution in [2.45, 2.75) is 52.1 Å². The van der Waals surface area contributed by atoms with Crippen LogP contribution >= 0.6 is 23.2 Å². The minimum absolute atomic E-state index is 0.0425. The summed E-state index contributed by atoms with van der Waals surface area (Å²) in [5.74, 6) is -0.455. The molecule has 2 aromatic carbocycles. The summed E-state index contributed by atoms with van der Waals surface area (Å²) in [6, 6.07) is 13.4. The molecule has 0 aromatic heterocycles. The van der Waals surface area contributed by atoms with Crippen molar-refractivity contribution in [2.24, 2.45) is 0 Å². The van der Waals surface area contributed by atoms with Crippen molar-refractivity contribution in [1.29, 1.82) is 0 Å². The number of halogens is 2. The van der Waals surface area contributed by atoms with E-state index in [0.717, 1.165) is 29.0 Å². The number of hydrogen-bond acceptors (Lipinski definition) is 4. The van der Waals surface area contributed by atoms with Crippen molar-refractivity contribution in [1.82, 2.24) is 10.2 Å². The summed E-state index contributed by atoms with van der Waals surface area (Å²) in [6.45, 7) is 4.61. The monoisotopic (exact) mass is 541 g/mol. The molecule has 0 heterocycles. The summed E-state index contributed by atoms with van der Waals surface area (Å²) in [5, 5.41) is 3.48. The Morgan fingerprint density at radius 3 is 2.37 bits per heavy atom. The number of carbonyl (C=O) groups excluding carboxylic acids is 2. The van der Waals surface area contributed by atoms with Crippen molar-refractivity contribution < 1.29 is 18.0 Å². The largest absolute Gasteiger partial charge is 0.354 e. The molecule has 0 aliphatic carbocycles. The maximum atomic E-state index is 13.2. The standard InChI is InChI=1S/C25H33Cl2N3O4S/c1-4-5-15-28-25(32)19(2)29(18-20-10-7-6-8-11-20)24(31)12-9-16-30(35(3,33)34)23-17-21(26)13-14-22(23)27/h6-8,10-11,13-14,17,19H,4-5,9,12,15-16,18H2,1-3H3,(H,28,32). The third kappa shape index (κ3) is 9.02. The molecule has 2 amide bonds. The van der Waals surface area contributed by atoms with Crippen LogP contribution in [0.25, 0.3) is 0 Å². The molecule has 10 heteroatoms. The van der Waals surface area contributed by atoms with E-state index in [1.807, 2.05) is 37.3 Å². The third-order valence-corrected chi connectivity index (χ3v) is 7.26. The first kappa shape index (κ1) is 28.9. The van der Waals surface area contributed by atoms with Gasteiger partial charge in [0.15, 0.2) is 0 Å². The lowest BCUT2D eigenvalue weighted by Gasteiger charge is -2.29. The lowest BCUT2D eigenvalue weighted by atomic mass is 10.1. The maximum absolute atomic E-state index is 13.2. The van der Waals surface area contributed by atoms with Gasteiger partial charge in [0.1, 0.15) is 6.04 Å². The van der Waals surface area contributed by atoms with Gasteiger partial charge in [0.25, 0.3) is 0 Å². The summed E-state index contributed by atoms with van der Waals surface area (Å²) in [6.07, 6.45) is 3.19. The fraction of sp³-hybridized carbons (Fsp3) is 0.440. The minimum Gasteiger partial charge on any atom is -0.354 e. The van der Waals surface area contributed by atoms with E-state index < -0.39 is 16.1 Å². The fourth-order valence-electron chi connectivity index (χ4n) is 3.56.